The summed E-state index contributed by atoms with van der Waals surface area (Å²) in [6.07, 6.45) is -4.62. The number of benzene rings is 2. The topological polar surface area (TPSA) is 68.0 Å². The third kappa shape index (κ3) is 4.40. The van der Waals surface area contributed by atoms with Crippen LogP contribution < -0.4 is 5.32 Å². The first-order chi connectivity index (χ1) is 12.3. The fraction of sp³-hybridized carbons (Fsp3) is 0.118. The number of nitrogens with zero attached hydrogens (tertiary/aromatic N) is 2. The Balaban J connectivity index is 1.65. The van der Waals surface area contributed by atoms with Gasteiger partial charge in [0.05, 0.1) is 0 Å². The standard InChI is InChI=1S/C17H11ClF3N3O2/c18-12-5-7-13(8-6-12)22-15(25)11-3-1-10(2-4-11)9-14-23-16(26-24-14)17(19,20)21/h1-8H,9H2,(H,22,25). The highest BCUT2D eigenvalue weighted by Gasteiger charge is 2.38. The summed E-state index contributed by atoms with van der Waals surface area (Å²) in [5, 5.41) is 6.57. The predicted octanol–water partition coefficient (Wildman–Crippen LogP) is 4.58. The van der Waals surface area contributed by atoms with E-state index in [0.29, 0.717) is 21.8 Å². The summed E-state index contributed by atoms with van der Waals surface area (Å²) in [7, 11) is 0. The van der Waals surface area contributed by atoms with E-state index in [1.807, 2.05) is 0 Å². The normalized spacial score (nSPS) is 11.4. The first kappa shape index (κ1) is 17.9. The van der Waals surface area contributed by atoms with Crippen LogP contribution in [0, 0.1) is 0 Å². The Labute approximate surface area is 150 Å². The molecule has 0 aliphatic rings. The van der Waals surface area contributed by atoms with Crippen molar-refractivity contribution < 1.29 is 22.5 Å². The van der Waals surface area contributed by atoms with Crippen molar-refractivity contribution in [2.45, 2.75) is 12.6 Å². The number of nitrogens with one attached hydrogen (secondary N) is 1. The molecule has 0 fully saturated rings. The van der Waals surface area contributed by atoms with Crippen LogP contribution in [0.4, 0.5) is 18.9 Å². The van der Waals surface area contributed by atoms with Gasteiger partial charge in [-0.1, -0.05) is 28.9 Å². The Hall–Kier alpha value is -2.87. The molecule has 1 N–H and O–H groups in total. The van der Waals surface area contributed by atoms with Gasteiger partial charge in [-0.25, -0.2) is 0 Å². The zero-order valence-corrected chi connectivity index (χ0v) is 13.8. The lowest BCUT2D eigenvalue weighted by molar-refractivity contribution is -0.159. The summed E-state index contributed by atoms with van der Waals surface area (Å²) < 4.78 is 41.5. The van der Waals surface area contributed by atoms with Crippen LogP contribution >= 0.6 is 11.6 Å². The highest BCUT2D eigenvalue weighted by Crippen LogP contribution is 2.27. The average molecular weight is 382 g/mol. The van der Waals surface area contributed by atoms with Crippen LogP contribution in [-0.2, 0) is 12.6 Å². The largest absolute Gasteiger partial charge is 0.471 e. The van der Waals surface area contributed by atoms with Gasteiger partial charge in [-0.3, -0.25) is 4.79 Å². The van der Waals surface area contributed by atoms with Crippen LogP contribution in [0.2, 0.25) is 5.02 Å². The maximum atomic E-state index is 12.4. The summed E-state index contributed by atoms with van der Waals surface area (Å²) in [5.41, 5.74) is 1.63. The molecule has 1 amide bonds. The molecule has 0 unspecified atom stereocenters. The molecule has 26 heavy (non-hydrogen) atoms. The second-order valence-corrected chi connectivity index (χ2v) is 5.78. The molecule has 0 radical (unpaired) electrons. The maximum absolute atomic E-state index is 12.4. The SMILES string of the molecule is O=C(Nc1ccc(Cl)cc1)c1ccc(Cc2noc(C(F)(F)F)n2)cc1. The molecule has 0 spiro atoms. The van der Waals surface area contributed by atoms with Crippen LogP contribution in [0.25, 0.3) is 0 Å². The molecule has 3 aromatic rings. The number of carbonyl (C=O) groups excluding carboxylic acids is 1. The van der Waals surface area contributed by atoms with Crippen LogP contribution in [0.3, 0.4) is 0 Å². The van der Waals surface area contributed by atoms with Crippen LogP contribution in [0.1, 0.15) is 27.6 Å². The van der Waals surface area contributed by atoms with Crippen molar-refractivity contribution in [1.29, 1.82) is 0 Å². The number of carbonyl (C=O) groups is 1. The molecule has 0 bridgehead atoms. The molecule has 134 valence electrons. The predicted molar refractivity (Wildman–Crippen MR) is 88.0 cm³/mol. The van der Waals surface area contributed by atoms with E-state index in [0.717, 1.165) is 0 Å². The highest BCUT2D eigenvalue weighted by atomic mass is 35.5. The summed E-state index contributed by atoms with van der Waals surface area (Å²) in [4.78, 5) is 15.5. The fourth-order valence-electron chi connectivity index (χ4n) is 2.13. The number of amides is 1. The van der Waals surface area contributed by atoms with Gasteiger partial charge in [-0.05, 0) is 42.0 Å². The quantitative estimate of drug-likeness (QED) is 0.718. The van der Waals surface area contributed by atoms with Crippen LogP contribution in [-0.4, -0.2) is 16.0 Å². The number of alkyl halides is 3. The summed E-state index contributed by atoms with van der Waals surface area (Å²) in [6, 6.07) is 13.0. The minimum Gasteiger partial charge on any atom is -0.329 e. The molecule has 0 aliphatic heterocycles. The number of halogens is 4. The highest BCUT2D eigenvalue weighted by molar-refractivity contribution is 6.30. The molecule has 3 rings (SSSR count). The van der Waals surface area contributed by atoms with Gasteiger partial charge >= 0.3 is 12.1 Å². The van der Waals surface area contributed by atoms with E-state index >= 15 is 0 Å². The van der Waals surface area contributed by atoms with Gasteiger partial charge < -0.3 is 9.84 Å². The number of aromatic nitrogens is 2. The summed E-state index contributed by atoms with van der Waals surface area (Å²) in [6.45, 7) is 0. The fourth-order valence-corrected chi connectivity index (χ4v) is 2.26. The van der Waals surface area contributed by atoms with Crippen LogP contribution in [0.15, 0.2) is 53.1 Å². The van der Waals surface area contributed by atoms with E-state index in [1.54, 1.807) is 48.5 Å². The van der Waals surface area contributed by atoms with E-state index in [4.69, 9.17) is 11.6 Å². The lowest BCUT2D eigenvalue weighted by atomic mass is 10.1. The Morgan fingerprint density at radius 3 is 2.31 bits per heavy atom. The number of hydrogen-bond acceptors (Lipinski definition) is 4. The molecule has 0 saturated heterocycles. The van der Waals surface area contributed by atoms with Gasteiger partial charge in [-0.15, -0.1) is 0 Å². The minimum absolute atomic E-state index is 0.0542. The number of hydrogen-bond donors (Lipinski definition) is 1. The molecule has 5 nitrogen and oxygen atoms in total. The maximum Gasteiger partial charge on any atom is 0.471 e. The van der Waals surface area contributed by atoms with Gasteiger partial charge in [0.1, 0.15) is 0 Å². The summed E-state index contributed by atoms with van der Waals surface area (Å²) >= 11 is 5.78. The third-order valence-electron chi connectivity index (χ3n) is 3.39. The summed E-state index contributed by atoms with van der Waals surface area (Å²) in [5.74, 6) is -1.79. The van der Waals surface area contributed by atoms with E-state index in [2.05, 4.69) is 20.0 Å². The molecule has 1 heterocycles. The van der Waals surface area contributed by atoms with Crippen molar-refractivity contribution in [3.05, 3.63) is 76.4 Å². The van der Waals surface area contributed by atoms with Gasteiger partial charge in [0, 0.05) is 22.7 Å². The first-order valence-electron chi connectivity index (χ1n) is 7.37. The second kappa shape index (κ2) is 7.17. The Bertz CT molecular complexity index is 906. The zero-order valence-electron chi connectivity index (χ0n) is 13.0. The van der Waals surface area contributed by atoms with Crippen molar-refractivity contribution in [3.8, 4) is 0 Å². The Morgan fingerprint density at radius 2 is 1.73 bits per heavy atom. The molecule has 1 aromatic heterocycles. The lowest BCUT2D eigenvalue weighted by Gasteiger charge is -2.06. The molecule has 0 atom stereocenters. The van der Waals surface area contributed by atoms with E-state index in [9.17, 15) is 18.0 Å². The van der Waals surface area contributed by atoms with Gasteiger partial charge in [-0.2, -0.15) is 18.2 Å². The Kier molecular flexibility index (Phi) is 4.94. The molecule has 9 heteroatoms. The van der Waals surface area contributed by atoms with Gasteiger partial charge in [0.25, 0.3) is 5.91 Å². The van der Waals surface area contributed by atoms with Crippen molar-refractivity contribution in [2.24, 2.45) is 0 Å². The van der Waals surface area contributed by atoms with E-state index in [1.165, 1.54) is 0 Å². The third-order valence-corrected chi connectivity index (χ3v) is 3.64. The molecular weight excluding hydrogens is 371 g/mol. The van der Waals surface area contributed by atoms with Gasteiger partial charge in [0.15, 0.2) is 5.82 Å². The average Bonchev–Trinajstić information content (AvgIpc) is 3.06. The van der Waals surface area contributed by atoms with E-state index in [-0.39, 0.29) is 18.2 Å². The molecule has 2 aromatic carbocycles. The van der Waals surface area contributed by atoms with Crippen LogP contribution in [0.5, 0.6) is 0 Å². The molecule has 0 aliphatic carbocycles. The van der Waals surface area contributed by atoms with Gasteiger partial charge in [0.2, 0.25) is 0 Å². The number of anilines is 1. The minimum atomic E-state index is -4.67. The second-order valence-electron chi connectivity index (χ2n) is 5.35. The zero-order chi connectivity index (χ0) is 18.7. The number of rotatable bonds is 4. The molecular formula is C17H11ClF3N3O2. The lowest BCUT2D eigenvalue weighted by Crippen LogP contribution is -2.11. The first-order valence-corrected chi connectivity index (χ1v) is 7.75. The van der Waals surface area contributed by atoms with Crippen molar-refractivity contribution >= 4 is 23.2 Å². The Morgan fingerprint density at radius 1 is 1.08 bits per heavy atom. The molecule has 0 saturated carbocycles. The van der Waals surface area contributed by atoms with Crippen molar-refractivity contribution in [2.75, 3.05) is 5.32 Å². The monoisotopic (exact) mass is 381 g/mol. The van der Waals surface area contributed by atoms with Crippen molar-refractivity contribution in [1.82, 2.24) is 10.1 Å². The van der Waals surface area contributed by atoms with Crippen molar-refractivity contribution in [3.63, 3.8) is 0 Å². The van der Waals surface area contributed by atoms with E-state index < -0.39 is 12.1 Å². The smallest absolute Gasteiger partial charge is 0.329 e.